The van der Waals surface area contributed by atoms with Crippen LogP contribution in [0.25, 0.3) is 20.3 Å². The van der Waals surface area contributed by atoms with Gasteiger partial charge in [-0.3, -0.25) is 20.4 Å². The normalized spacial score (nSPS) is 14.4. The maximum atomic E-state index is 13.2. The molecule has 5 aromatic rings. The number of hydrogen-bond donors (Lipinski definition) is 4. The molecule has 0 unspecified atom stereocenters. The number of aromatic nitrogens is 2. The molecule has 2 amide bonds. The van der Waals surface area contributed by atoms with Crippen molar-refractivity contribution in [2.45, 2.75) is 143 Å². The van der Waals surface area contributed by atoms with Crippen molar-refractivity contribution < 1.29 is 23.2 Å². The first kappa shape index (κ1) is 59.4. The van der Waals surface area contributed by atoms with Gasteiger partial charge in [0.1, 0.15) is 22.1 Å². The van der Waals surface area contributed by atoms with E-state index >= 15 is 0 Å². The van der Waals surface area contributed by atoms with Crippen molar-refractivity contribution in [2.24, 2.45) is 0 Å². The largest absolute Gasteiger partial charge is 0.412 e. The molecule has 1 aromatic heterocycles. The van der Waals surface area contributed by atoms with Crippen LogP contribution in [-0.2, 0) is 18.4 Å². The molecule has 0 aliphatic carbocycles. The summed E-state index contributed by atoms with van der Waals surface area (Å²) in [6, 6.07) is 24.6. The van der Waals surface area contributed by atoms with Gasteiger partial charge in [-0.15, -0.1) is 10.2 Å². The number of hydrazine groups is 1. The summed E-state index contributed by atoms with van der Waals surface area (Å²) >= 11 is 14.4. The van der Waals surface area contributed by atoms with E-state index in [-0.39, 0.29) is 22.2 Å². The van der Waals surface area contributed by atoms with Gasteiger partial charge in [0.25, 0.3) is 11.8 Å². The van der Waals surface area contributed by atoms with Crippen molar-refractivity contribution in [3.63, 3.8) is 0 Å². The highest BCUT2D eigenvalue weighted by Crippen LogP contribution is 2.42. The second-order valence-electron chi connectivity index (χ2n) is 20.7. The quantitative estimate of drug-likeness (QED) is 0.0485. The van der Waals surface area contributed by atoms with Gasteiger partial charge in [-0.05, 0) is 112 Å². The predicted octanol–water partition coefficient (Wildman–Crippen LogP) is 14.9. The van der Waals surface area contributed by atoms with Crippen molar-refractivity contribution in [3.8, 4) is 10.6 Å². The number of benzene rings is 4. The van der Waals surface area contributed by atoms with Gasteiger partial charge in [0.05, 0.1) is 35.4 Å². The van der Waals surface area contributed by atoms with Crippen LogP contribution in [0.1, 0.15) is 101 Å². The average Bonchev–Trinajstić information content (AvgIpc) is 4.09. The summed E-state index contributed by atoms with van der Waals surface area (Å²) in [6.07, 6.45) is 1.88. The summed E-state index contributed by atoms with van der Waals surface area (Å²) in [5.74, 6) is -0.883. The second-order valence-corrected chi connectivity index (χ2v) is 32.0. The Balaban J connectivity index is 0.000000284. The van der Waals surface area contributed by atoms with Gasteiger partial charge in [0.2, 0.25) is 11.4 Å². The zero-order valence-electron chi connectivity index (χ0n) is 44.2. The number of amides is 2. The van der Waals surface area contributed by atoms with Crippen molar-refractivity contribution in [1.82, 2.24) is 21.0 Å². The third kappa shape index (κ3) is 16.2. The van der Waals surface area contributed by atoms with Crippen LogP contribution in [0.4, 0.5) is 22.7 Å². The minimum Gasteiger partial charge on any atom is -0.412 e. The Hall–Kier alpha value is -5.15. The Bertz CT molecular complexity index is 2670. The van der Waals surface area contributed by atoms with E-state index < -0.39 is 40.6 Å². The molecular weight excluding hydrogens is 1000 g/mol. The van der Waals surface area contributed by atoms with Crippen LogP contribution in [0.3, 0.4) is 0 Å². The molecule has 1 aliphatic heterocycles. The molecule has 4 N–H and O–H groups in total. The lowest BCUT2D eigenvalue weighted by Gasteiger charge is -2.40. The van der Waals surface area contributed by atoms with E-state index in [2.05, 4.69) is 116 Å². The van der Waals surface area contributed by atoms with E-state index in [4.69, 9.17) is 49.9 Å². The molecule has 1 aliphatic rings. The first-order chi connectivity index (χ1) is 33.7. The number of rotatable bonds is 14. The lowest BCUT2D eigenvalue weighted by molar-refractivity contribution is -0.124. The molecule has 1 saturated heterocycles. The fourth-order valence-electron chi connectivity index (χ4n) is 6.78. The van der Waals surface area contributed by atoms with Crippen molar-refractivity contribution in [3.05, 3.63) is 140 Å². The highest BCUT2D eigenvalue weighted by Gasteiger charge is 2.42. The Labute approximate surface area is 444 Å². The third-order valence-corrected chi connectivity index (χ3v) is 24.4. The summed E-state index contributed by atoms with van der Waals surface area (Å²) in [5.41, 5.74) is 10.2. The van der Waals surface area contributed by atoms with Gasteiger partial charge in [-0.25, -0.2) is 9.69 Å². The average molecular weight is 1070 g/mol. The standard InChI is InChI=1S/C25H33ClN4O3Si.C25H31ClN4OSSi.C4H8O/c1-16-19(14-15-20(27-6)21(16)26)28-22(17(2)33-34(7,8)25(3,4)5)24(32)30-29-23(31)18-12-10-9-11-13-18;1-16-19(14-15-20(27-6)21(16)26)28-22(17(2)31-33(7,8)25(3,4)5)24-30-29-23(32-24)18-12-10-9-11-13-18;1-2-4-5-3-1/h9-15,17,22,28H,1-5,7-8H3,(H,29,31)(H,30,32);9-15,17,22,28H,1-5,7-8H3;1-4H2/t2*17-,22-;/m11./s1. The van der Waals surface area contributed by atoms with Crippen molar-refractivity contribution in [2.75, 3.05) is 23.8 Å². The molecule has 4 aromatic carbocycles. The maximum absolute atomic E-state index is 13.2. The second kappa shape index (κ2) is 26.2. The van der Waals surface area contributed by atoms with E-state index in [1.165, 1.54) is 12.8 Å². The molecule has 18 heteroatoms. The first-order valence-electron chi connectivity index (χ1n) is 24.1. The lowest BCUT2D eigenvalue weighted by atomic mass is 10.1. The van der Waals surface area contributed by atoms with Gasteiger partial charge < -0.3 is 24.2 Å². The minimum atomic E-state index is -2.20. The summed E-state index contributed by atoms with van der Waals surface area (Å²) in [6.45, 7) is 46.0. The highest BCUT2D eigenvalue weighted by atomic mass is 35.5. The fraction of sp³-hybridized carbons (Fsp3) is 0.444. The molecule has 0 spiro atoms. The number of ether oxygens (including phenoxy) is 1. The van der Waals surface area contributed by atoms with E-state index in [0.717, 1.165) is 40.0 Å². The van der Waals surface area contributed by atoms with E-state index in [0.29, 0.717) is 38.2 Å². The Morgan fingerprint density at radius 2 is 1.17 bits per heavy atom. The topological polar surface area (TPSA) is 144 Å². The maximum Gasteiger partial charge on any atom is 0.269 e. The van der Waals surface area contributed by atoms with Gasteiger partial charge in [0, 0.05) is 35.7 Å². The van der Waals surface area contributed by atoms with Crippen LogP contribution in [0, 0.1) is 27.0 Å². The SMILES string of the molecule is C1CCOC1.[C-]#[N+]c1ccc(N[C@@H](C(=O)NNC(=O)c2ccccc2)[C@@H](C)O[Si](C)(C)C(C)(C)C)c(C)c1Cl.[C-]#[N+]c1ccc(N[C@@H](c2nnc(-c3ccccc3)s2)[C@@H](C)O[Si](C)(C)C(C)(C)C)c(C)c1Cl. The zero-order valence-corrected chi connectivity index (χ0v) is 48.5. The molecule has 0 saturated carbocycles. The molecule has 0 radical (unpaired) electrons. The van der Waals surface area contributed by atoms with E-state index in [1.807, 2.05) is 56.3 Å². The number of nitrogens with one attached hydrogen (secondary N) is 4. The molecule has 386 valence electrons. The molecule has 6 rings (SSSR count). The number of anilines is 2. The van der Waals surface area contributed by atoms with Crippen LogP contribution < -0.4 is 21.5 Å². The molecule has 13 nitrogen and oxygen atoms in total. The number of hydrogen-bond acceptors (Lipinski definition) is 10. The predicted molar refractivity (Wildman–Crippen MR) is 302 cm³/mol. The van der Waals surface area contributed by atoms with Crippen LogP contribution >= 0.6 is 34.5 Å². The molecule has 2 heterocycles. The zero-order chi connectivity index (χ0) is 53.6. The first-order valence-corrected chi connectivity index (χ1v) is 31.5. The highest BCUT2D eigenvalue weighted by molar-refractivity contribution is 7.14. The van der Waals surface area contributed by atoms with Gasteiger partial charge in [-0.2, -0.15) is 0 Å². The number of carbonyl (C=O) groups is 2. The number of nitrogens with zero attached hydrogens (tertiary/aromatic N) is 4. The summed E-state index contributed by atoms with van der Waals surface area (Å²) in [5, 5.41) is 18.4. The smallest absolute Gasteiger partial charge is 0.269 e. The Morgan fingerprint density at radius 3 is 1.62 bits per heavy atom. The number of halogens is 2. The van der Waals surface area contributed by atoms with Gasteiger partial charge >= 0.3 is 0 Å². The van der Waals surface area contributed by atoms with Gasteiger partial charge in [-0.1, -0.05) is 137 Å². The monoisotopic (exact) mass is 1070 g/mol. The number of carbonyl (C=O) groups excluding carboxylic acids is 2. The fourth-order valence-corrected chi connectivity index (χ4v) is 11.0. The molecule has 4 atom stereocenters. The minimum absolute atomic E-state index is 0.0552. The van der Waals surface area contributed by atoms with Crippen molar-refractivity contribution >= 4 is 85.7 Å². The third-order valence-electron chi connectivity index (χ3n) is 13.3. The summed E-state index contributed by atoms with van der Waals surface area (Å²) in [7, 11) is -4.23. The Kier molecular flexibility index (Phi) is 21.6. The van der Waals surface area contributed by atoms with Crippen LogP contribution in [-0.4, -0.2) is 70.1 Å². The molecule has 1 fully saturated rings. The molecule has 72 heavy (non-hydrogen) atoms. The van der Waals surface area contributed by atoms with E-state index in [9.17, 15) is 9.59 Å². The lowest BCUT2D eigenvalue weighted by Crippen LogP contribution is -2.55. The van der Waals surface area contributed by atoms with Crippen LogP contribution in [0.2, 0.25) is 46.3 Å². The van der Waals surface area contributed by atoms with Gasteiger partial charge in [0.15, 0.2) is 16.6 Å². The summed E-state index contributed by atoms with van der Waals surface area (Å²) in [4.78, 5) is 32.6. The Morgan fingerprint density at radius 1 is 0.694 bits per heavy atom. The van der Waals surface area contributed by atoms with Crippen molar-refractivity contribution in [1.29, 1.82) is 0 Å². The molecular formula is C54H72Cl2N8O5SSi2. The van der Waals surface area contributed by atoms with Crippen LogP contribution in [0.5, 0.6) is 0 Å². The molecule has 0 bridgehead atoms. The van der Waals surface area contributed by atoms with E-state index in [1.54, 1.807) is 60.7 Å². The summed E-state index contributed by atoms with van der Waals surface area (Å²) < 4.78 is 18.2. The van der Waals surface area contributed by atoms with Crippen LogP contribution in [0.15, 0.2) is 84.9 Å².